The van der Waals surface area contributed by atoms with Crippen LogP contribution in [0.15, 0.2) is 46.3 Å². The molecule has 7 nitrogen and oxygen atoms in total. The maximum Gasteiger partial charge on any atom is 0.256 e. The quantitative estimate of drug-likeness (QED) is 0.515. The van der Waals surface area contributed by atoms with Gasteiger partial charge in [0.15, 0.2) is 0 Å². The van der Waals surface area contributed by atoms with Crippen molar-refractivity contribution in [2.24, 2.45) is 0 Å². The number of nitrogens with zero attached hydrogens (tertiary/aromatic N) is 3. The number of carbonyl (C=O) groups is 2. The molecule has 1 fully saturated rings. The molecule has 0 bridgehead atoms. The van der Waals surface area contributed by atoms with Crippen LogP contribution < -0.4 is 15.5 Å². The van der Waals surface area contributed by atoms with E-state index in [4.69, 9.17) is 0 Å². The van der Waals surface area contributed by atoms with E-state index in [2.05, 4.69) is 41.4 Å². The minimum Gasteiger partial charge on any atom is -0.341 e. The molecule has 0 unspecified atom stereocenters. The largest absolute Gasteiger partial charge is 0.341 e. The van der Waals surface area contributed by atoms with Gasteiger partial charge < -0.3 is 15.5 Å². The Morgan fingerprint density at radius 3 is 2.52 bits per heavy atom. The summed E-state index contributed by atoms with van der Waals surface area (Å²) in [6.07, 6.45) is 2.57. The smallest absolute Gasteiger partial charge is 0.256 e. The Bertz CT molecular complexity index is 1090. The first kappa shape index (κ1) is 21.5. The van der Waals surface area contributed by atoms with Gasteiger partial charge >= 0.3 is 0 Å². The van der Waals surface area contributed by atoms with Crippen LogP contribution >= 0.6 is 27.3 Å². The van der Waals surface area contributed by atoms with Crippen molar-refractivity contribution >= 4 is 56.5 Å². The number of benzene rings is 1. The molecule has 0 spiro atoms. The molecule has 1 aliphatic heterocycles. The Morgan fingerprint density at radius 2 is 1.84 bits per heavy atom. The lowest BCUT2D eigenvalue weighted by atomic mass is 10.2. The Labute approximate surface area is 193 Å². The predicted octanol–water partition coefficient (Wildman–Crippen LogP) is 4.64. The van der Waals surface area contributed by atoms with E-state index in [9.17, 15) is 9.59 Å². The van der Waals surface area contributed by atoms with Gasteiger partial charge in [0.25, 0.3) is 5.91 Å². The molecule has 1 saturated heterocycles. The minimum atomic E-state index is -0.258. The highest BCUT2D eigenvalue weighted by atomic mass is 79.9. The number of nitrogens with one attached hydrogen (secondary N) is 2. The number of hydrogen-bond donors (Lipinski definition) is 2. The molecule has 2 aromatic heterocycles. The Kier molecular flexibility index (Phi) is 6.62. The molecule has 31 heavy (non-hydrogen) atoms. The number of aromatic nitrogens is 2. The lowest BCUT2D eigenvalue weighted by molar-refractivity contribution is -0.115. The number of halogens is 1. The zero-order valence-electron chi connectivity index (χ0n) is 17.0. The van der Waals surface area contributed by atoms with Gasteiger partial charge in [-0.15, -0.1) is 11.3 Å². The summed E-state index contributed by atoms with van der Waals surface area (Å²) < 4.78 is 0.974. The van der Waals surface area contributed by atoms with Crippen molar-refractivity contribution in [1.29, 1.82) is 0 Å². The predicted molar refractivity (Wildman–Crippen MR) is 127 cm³/mol. The molecule has 160 valence electrons. The van der Waals surface area contributed by atoms with Crippen LogP contribution in [-0.4, -0.2) is 34.9 Å². The SMILES string of the molecule is Cc1cc(NC(=O)c2ccc(NC(=O)Cc3cc(Br)cs3)cc2)nc(N2CCCC2)n1. The molecule has 3 aromatic rings. The van der Waals surface area contributed by atoms with Gasteiger partial charge in [-0.2, -0.15) is 4.98 Å². The number of amides is 2. The number of aryl methyl sites for hydroxylation is 1. The van der Waals surface area contributed by atoms with E-state index in [-0.39, 0.29) is 11.8 Å². The fraction of sp³-hybridized carbons (Fsp3) is 0.273. The van der Waals surface area contributed by atoms with Gasteiger partial charge in [-0.3, -0.25) is 9.59 Å². The molecule has 1 aromatic carbocycles. The highest BCUT2D eigenvalue weighted by Gasteiger charge is 2.17. The number of anilines is 3. The average molecular weight is 500 g/mol. The summed E-state index contributed by atoms with van der Waals surface area (Å²) in [4.78, 5) is 37.0. The normalized spacial score (nSPS) is 13.3. The van der Waals surface area contributed by atoms with Gasteiger partial charge in [-0.25, -0.2) is 4.98 Å². The summed E-state index contributed by atoms with van der Waals surface area (Å²) in [5.41, 5.74) is 1.94. The summed E-state index contributed by atoms with van der Waals surface area (Å²) >= 11 is 4.92. The van der Waals surface area contributed by atoms with Crippen LogP contribution in [0.1, 0.15) is 33.8 Å². The van der Waals surface area contributed by atoms with Crippen molar-refractivity contribution in [3.05, 3.63) is 62.4 Å². The third kappa shape index (κ3) is 5.68. The van der Waals surface area contributed by atoms with Crippen LogP contribution in [0, 0.1) is 6.92 Å². The lowest BCUT2D eigenvalue weighted by Gasteiger charge is -2.16. The second kappa shape index (κ2) is 9.57. The van der Waals surface area contributed by atoms with Crippen molar-refractivity contribution in [3.8, 4) is 0 Å². The fourth-order valence-corrected chi connectivity index (χ4v) is 4.83. The Morgan fingerprint density at radius 1 is 1.10 bits per heavy atom. The highest BCUT2D eigenvalue weighted by molar-refractivity contribution is 9.10. The lowest BCUT2D eigenvalue weighted by Crippen LogP contribution is -2.22. The maximum atomic E-state index is 12.7. The van der Waals surface area contributed by atoms with Crippen LogP contribution in [0.5, 0.6) is 0 Å². The van der Waals surface area contributed by atoms with Gasteiger partial charge in [0.05, 0.1) is 6.42 Å². The molecule has 0 atom stereocenters. The summed E-state index contributed by atoms with van der Waals surface area (Å²) in [6.45, 7) is 3.77. The number of rotatable bonds is 6. The molecular weight excluding hydrogens is 478 g/mol. The molecule has 0 aliphatic carbocycles. The molecule has 0 saturated carbocycles. The van der Waals surface area contributed by atoms with E-state index in [1.807, 2.05) is 18.4 Å². The third-order valence-electron chi connectivity index (χ3n) is 4.86. The highest BCUT2D eigenvalue weighted by Crippen LogP contribution is 2.21. The zero-order chi connectivity index (χ0) is 21.8. The van der Waals surface area contributed by atoms with Gasteiger partial charge in [0, 0.05) is 50.8 Å². The van der Waals surface area contributed by atoms with Crippen molar-refractivity contribution < 1.29 is 9.59 Å². The Balaban J connectivity index is 1.37. The first-order chi connectivity index (χ1) is 15.0. The standard InChI is InChI=1S/C22H22BrN5O2S/c1-14-10-19(27-22(24-14)28-8-2-3-9-28)26-21(30)15-4-6-17(7-5-15)25-20(29)12-18-11-16(23)13-31-18/h4-7,10-11,13H,2-3,8-9,12H2,1H3,(H,25,29)(H,24,26,27,30). The van der Waals surface area contributed by atoms with Crippen LogP contribution in [0.25, 0.3) is 0 Å². The topological polar surface area (TPSA) is 87.2 Å². The van der Waals surface area contributed by atoms with Gasteiger partial charge in [-0.1, -0.05) is 0 Å². The van der Waals surface area contributed by atoms with Gasteiger partial charge in [-0.05, 0) is 66.0 Å². The van der Waals surface area contributed by atoms with Crippen molar-refractivity contribution in [2.75, 3.05) is 28.6 Å². The molecule has 2 amide bonds. The molecule has 9 heteroatoms. The van der Waals surface area contributed by atoms with E-state index in [1.54, 1.807) is 30.3 Å². The molecule has 2 N–H and O–H groups in total. The second-order valence-electron chi connectivity index (χ2n) is 7.38. The first-order valence-electron chi connectivity index (χ1n) is 10.0. The molecule has 1 aliphatic rings. The first-order valence-corrected chi connectivity index (χ1v) is 11.7. The maximum absolute atomic E-state index is 12.7. The van der Waals surface area contributed by atoms with Crippen LogP contribution in [0.4, 0.5) is 17.5 Å². The fourth-order valence-electron chi connectivity index (χ4n) is 3.38. The number of hydrogen-bond acceptors (Lipinski definition) is 6. The van der Waals surface area contributed by atoms with E-state index >= 15 is 0 Å². The van der Waals surface area contributed by atoms with E-state index < -0.39 is 0 Å². The van der Waals surface area contributed by atoms with Gasteiger partial charge in [0.1, 0.15) is 5.82 Å². The van der Waals surface area contributed by atoms with E-state index in [0.717, 1.165) is 41.0 Å². The third-order valence-corrected chi connectivity index (χ3v) is 6.56. The molecule has 3 heterocycles. The second-order valence-corrected chi connectivity index (χ2v) is 9.29. The van der Waals surface area contributed by atoms with E-state index in [1.165, 1.54) is 11.3 Å². The summed E-state index contributed by atoms with van der Waals surface area (Å²) in [5, 5.41) is 7.65. The van der Waals surface area contributed by atoms with Crippen molar-refractivity contribution in [1.82, 2.24) is 9.97 Å². The number of thiophene rings is 1. The summed E-state index contributed by atoms with van der Waals surface area (Å²) in [5.74, 6) is 0.784. The summed E-state index contributed by atoms with van der Waals surface area (Å²) in [6, 6.07) is 10.5. The van der Waals surface area contributed by atoms with Crippen LogP contribution in [0.2, 0.25) is 0 Å². The monoisotopic (exact) mass is 499 g/mol. The van der Waals surface area contributed by atoms with Crippen LogP contribution in [0.3, 0.4) is 0 Å². The molecule has 4 rings (SSSR count). The molecular formula is C22H22BrN5O2S. The van der Waals surface area contributed by atoms with Gasteiger partial charge in [0.2, 0.25) is 11.9 Å². The van der Waals surface area contributed by atoms with Crippen molar-refractivity contribution in [3.63, 3.8) is 0 Å². The number of carbonyl (C=O) groups excluding carboxylic acids is 2. The Hall–Kier alpha value is -2.78. The van der Waals surface area contributed by atoms with Crippen LogP contribution in [-0.2, 0) is 11.2 Å². The average Bonchev–Trinajstić information content (AvgIpc) is 3.40. The zero-order valence-corrected chi connectivity index (χ0v) is 19.4. The summed E-state index contributed by atoms with van der Waals surface area (Å²) in [7, 11) is 0. The van der Waals surface area contributed by atoms with Crippen molar-refractivity contribution in [2.45, 2.75) is 26.2 Å². The minimum absolute atomic E-state index is 0.0996. The van der Waals surface area contributed by atoms with E-state index in [0.29, 0.717) is 29.4 Å². The molecule has 0 radical (unpaired) electrons.